The summed E-state index contributed by atoms with van der Waals surface area (Å²) in [7, 11) is 0. The Morgan fingerprint density at radius 3 is 0.860 bits per heavy atom. The molecular formula is C14F27NO. The maximum Gasteiger partial charge on any atom is 0.439 e. The molecule has 0 aromatic carbocycles. The minimum absolute atomic E-state index is 0.838. The lowest BCUT2D eigenvalue weighted by Gasteiger charge is -2.55. The van der Waals surface area contributed by atoms with Gasteiger partial charge in [0.15, 0.2) is 0 Å². The van der Waals surface area contributed by atoms with Crippen molar-refractivity contribution in [2.24, 2.45) is 0 Å². The Morgan fingerprint density at radius 2 is 0.581 bits per heavy atom. The monoisotopic (exact) mass is 711 g/mol. The third-order valence-corrected chi connectivity index (χ3v) is 5.84. The topological polar surface area (TPSA) is 12.5 Å². The van der Waals surface area contributed by atoms with E-state index in [0.717, 1.165) is 4.74 Å². The summed E-state index contributed by atoms with van der Waals surface area (Å²) in [5, 5.41) is 0. The number of likely N-dealkylation sites (tertiary alicyclic amines) is 1. The number of ether oxygens (including phenoxy) is 1. The molecule has 0 aromatic heterocycles. The Balaban J connectivity index is 2.88. The SMILES string of the molecule is FC(F)(OC(F)(F)C1(F)C(F)(F)C(F)(F)C(F)(F)C(F)(F)C1(F)F)C(F)(F)N1C(F)(F)C(F)(F)C(F)(F)C(F)(F)C1(F)F. The van der Waals surface area contributed by atoms with Crippen LogP contribution in [-0.4, -0.2) is 88.3 Å². The van der Waals surface area contributed by atoms with E-state index in [-0.39, 0.29) is 0 Å². The molecule has 43 heavy (non-hydrogen) atoms. The molecule has 0 atom stereocenters. The van der Waals surface area contributed by atoms with E-state index in [0.29, 0.717) is 0 Å². The average molecular weight is 711 g/mol. The molecule has 0 radical (unpaired) electrons. The van der Waals surface area contributed by atoms with Gasteiger partial charge in [0, 0.05) is 0 Å². The van der Waals surface area contributed by atoms with Gasteiger partial charge in [-0.2, -0.15) is 114 Å². The van der Waals surface area contributed by atoms with Crippen LogP contribution in [-0.2, 0) is 4.74 Å². The molecule has 0 aromatic rings. The molecule has 0 spiro atoms. The molecule has 2 fully saturated rings. The number of nitrogens with zero attached hydrogens (tertiary/aromatic N) is 1. The molecule has 1 aliphatic heterocycles. The molecular weight excluding hydrogens is 711 g/mol. The summed E-state index contributed by atoms with van der Waals surface area (Å²) in [5.41, 5.74) is -9.24. The van der Waals surface area contributed by atoms with Gasteiger partial charge in [0.25, 0.3) is 0 Å². The molecule has 0 unspecified atom stereocenters. The van der Waals surface area contributed by atoms with Crippen molar-refractivity contribution in [3.05, 3.63) is 0 Å². The first-order valence-electron chi connectivity index (χ1n) is 9.18. The van der Waals surface area contributed by atoms with Gasteiger partial charge in [-0.05, 0) is 0 Å². The Morgan fingerprint density at radius 1 is 0.349 bits per heavy atom. The summed E-state index contributed by atoms with van der Waals surface area (Å²) in [4.78, 5) is -5.10. The lowest BCUT2D eigenvalue weighted by molar-refractivity contribution is -0.582. The smallest absolute Gasteiger partial charge is 0.246 e. The third kappa shape index (κ3) is 3.42. The minimum Gasteiger partial charge on any atom is -0.246 e. The second-order valence-electron chi connectivity index (χ2n) is 8.35. The highest BCUT2D eigenvalue weighted by atomic mass is 19.4. The first kappa shape index (κ1) is 37.2. The van der Waals surface area contributed by atoms with E-state index < -0.39 is 88.3 Å². The van der Waals surface area contributed by atoms with Gasteiger partial charge in [0.1, 0.15) is 0 Å². The Labute approximate surface area is 213 Å². The molecule has 2 nitrogen and oxygen atoms in total. The quantitative estimate of drug-likeness (QED) is 0.211. The van der Waals surface area contributed by atoms with Gasteiger partial charge in [-0.3, -0.25) is 0 Å². The largest absolute Gasteiger partial charge is 0.439 e. The van der Waals surface area contributed by atoms with Gasteiger partial charge in [0.2, 0.25) is 0 Å². The fourth-order valence-electron chi connectivity index (χ4n) is 3.39. The molecule has 256 valence electrons. The summed E-state index contributed by atoms with van der Waals surface area (Å²) in [5.74, 6) is -68.8. The van der Waals surface area contributed by atoms with Crippen LogP contribution in [0.5, 0.6) is 0 Å². The van der Waals surface area contributed by atoms with E-state index >= 15 is 0 Å². The van der Waals surface area contributed by atoms with Crippen LogP contribution in [0.25, 0.3) is 0 Å². The van der Waals surface area contributed by atoms with Crippen molar-refractivity contribution in [3.63, 3.8) is 0 Å². The predicted molar refractivity (Wildman–Crippen MR) is 71.1 cm³/mol. The van der Waals surface area contributed by atoms with Gasteiger partial charge in [0.05, 0.1) is 0 Å². The van der Waals surface area contributed by atoms with Crippen LogP contribution >= 0.6 is 0 Å². The molecule has 1 saturated heterocycles. The van der Waals surface area contributed by atoms with Gasteiger partial charge in [-0.25, -0.2) is 9.13 Å². The van der Waals surface area contributed by atoms with Crippen molar-refractivity contribution in [3.8, 4) is 0 Å². The predicted octanol–water partition coefficient (Wildman–Crippen LogP) is 8.09. The number of piperidine rings is 1. The van der Waals surface area contributed by atoms with Crippen LogP contribution in [0, 0.1) is 0 Å². The normalized spacial score (nSPS) is 31.3. The highest BCUT2D eigenvalue weighted by Gasteiger charge is 3.06. The second kappa shape index (κ2) is 8.24. The number of rotatable bonds is 5. The third-order valence-electron chi connectivity index (χ3n) is 5.84. The van der Waals surface area contributed by atoms with E-state index in [1.165, 1.54) is 0 Å². The summed E-state index contributed by atoms with van der Waals surface area (Å²) >= 11 is 0. The number of hydrogen-bond acceptors (Lipinski definition) is 2. The van der Waals surface area contributed by atoms with Crippen LogP contribution < -0.4 is 0 Å². The molecule has 0 bridgehead atoms. The van der Waals surface area contributed by atoms with Crippen molar-refractivity contribution in [1.29, 1.82) is 0 Å². The molecule has 29 heteroatoms. The zero-order valence-electron chi connectivity index (χ0n) is 18.1. The Kier molecular flexibility index (Phi) is 7.13. The molecule has 2 rings (SSSR count). The molecule has 1 saturated carbocycles. The molecule has 0 amide bonds. The van der Waals surface area contributed by atoms with Crippen LogP contribution in [0.4, 0.5) is 119 Å². The van der Waals surface area contributed by atoms with Crippen molar-refractivity contribution in [2.75, 3.05) is 0 Å². The summed E-state index contributed by atoms with van der Waals surface area (Å²) < 4.78 is 367. The average Bonchev–Trinajstić information content (AvgIpc) is 2.74. The minimum atomic E-state index is -9.24. The lowest BCUT2D eigenvalue weighted by atomic mass is 9.71. The zero-order chi connectivity index (χ0) is 35.3. The van der Waals surface area contributed by atoms with E-state index in [1.54, 1.807) is 0 Å². The summed E-state index contributed by atoms with van der Waals surface area (Å²) in [6.07, 6.45) is -18.1. The van der Waals surface area contributed by atoms with E-state index in [1.807, 2.05) is 0 Å². The summed E-state index contributed by atoms with van der Waals surface area (Å²) in [6.45, 7) is 0. The number of halogens is 27. The van der Waals surface area contributed by atoms with Gasteiger partial charge < -0.3 is 0 Å². The summed E-state index contributed by atoms with van der Waals surface area (Å²) in [6, 6.07) is -26.3. The second-order valence-corrected chi connectivity index (χ2v) is 8.35. The molecule has 0 N–H and O–H groups in total. The van der Waals surface area contributed by atoms with E-state index in [9.17, 15) is 119 Å². The van der Waals surface area contributed by atoms with Gasteiger partial charge >= 0.3 is 83.4 Å². The Hall–Kier alpha value is -1.97. The van der Waals surface area contributed by atoms with Crippen molar-refractivity contribution in [2.45, 2.75) is 83.4 Å². The van der Waals surface area contributed by atoms with Crippen LogP contribution in [0.1, 0.15) is 0 Å². The number of alkyl halides is 27. The van der Waals surface area contributed by atoms with Crippen molar-refractivity contribution in [1.82, 2.24) is 4.90 Å². The standard InChI is InChI=1S/C14F27NO/c15-1(2(16,17)4(20,21)6(24,25)5(22,23)3(1,18)19)13(38,39)43-14(40,41)12(36,37)42-10(32,33)8(28,29)7(26,27)9(30,31)11(42,34)35. The maximum absolute atomic E-state index is 14.4. The first-order chi connectivity index (χ1) is 18.1. The van der Waals surface area contributed by atoms with Gasteiger partial charge in [-0.1, -0.05) is 0 Å². The van der Waals surface area contributed by atoms with Crippen LogP contribution in [0.2, 0.25) is 0 Å². The fourth-order valence-corrected chi connectivity index (χ4v) is 3.39. The van der Waals surface area contributed by atoms with Crippen molar-refractivity contribution >= 4 is 0 Å². The van der Waals surface area contributed by atoms with Crippen LogP contribution in [0.15, 0.2) is 0 Å². The zero-order valence-corrected chi connectivity index (χ0v) is 18.1. The maximum atomic E-state index is 14.4. The molecule has 1 heterocycles. The van der Waals surface area contributed by atoms with E-state index in [4.69, 9.17) is 0 Å². The number of hydrogen-bond donors (Lipinski definition) is 0. The first-order valence-corrected chi connectivity index (χ1v) is 9.18. The highest BCUT2D eigenvalue weighted by molar-refractivity contribution is 5.29. The molecule has 1 aliphatic carbocycles. The van der Waals surface area contributed by atoms with Gasteiger partial charge in [-0.15, -0.1) is 4.90 Å². The van der Waals surface area contributed by atoms with Crippen LogP contribution in [0.3, 0.4) is 0 Å². The fraction of sp³-hybridized carbons (Fsp3) is 1.00. The van der Waals surface area contributed by atoms with E-state index in [2.05, 4.69) is 0 Å². The Bertz CT molecular complexity index is 1070. The highest BCUT2D eigenvalue weighted by Crippen LogP contribution is 2.73. The lowest BCUT2D eigenvalue weighted by Crippen LogP contribution is -2.88. The molecule has 2 aliphatic rings. The van der Waals surface area contributed by atoms with Crippen molar-refractivity contribution < 1.29 is 123 Å².